The lowest BCUT2D eigenvalue weighted by atomic mass is 9.82. The van der Waals surface area contributed by atoms with Crippen molar-refractivity contribution in [2.24, 2.45) is 0 Å². The Balaban J connectivity index is 1.35. The molecule has 0 saturated carbocycles. The first-order valence-electron chi connectivity index (χ1n) is 14.0. The van der Waals surface area contributed by atoms with Crippen LogP contribution in [0.25, 0.3) is 28.2 Å². The molecule has 0 saturated heterocycles. The molecule has 4 aromatic carbocycles. The van der Waals surface area contributed by atoms with Gasteiger partial charge >= 0.3 is 0 Å². The predicted molar refractivity (Wildman–Crippen MR) is 164 cm³/mol. The number of benzene rings is 4. The summed E-state index contributed by atoms with van der Waals surface area (Å²) in [5.74, 6) is 0.191. The third kappa shape index (κ3) is 3.30. The van der Waals surface area contributed by atoms with E-state index in [1.165, 1.54) is 44.5 Å². The van der Waals surface area contributed by atoms with E-state index in [0.717, 1.165) is 29.8 Å². The van der Waals surface area contributed by atoms with E-state index in [4.69, 9.17) is 0 Å². The molecule has 0 amide bonds. The highest BCUT2D eigenvalue weighted by Gasteiger charge is 2.41. The molecule has 3 nitrogen and oxygen atoms in total. The smallest absolute Gasteiger partial charge is 0.101 e. The molecule has 0 radical (unpaired) electrons. The second-order valence-electron chi connectivity index (χ2n) is 10.7. The van der Waals surface area contributed by atoms with E-state index in [9.17, 15) is 5.26 Å². The van der Waals surface area contributed by atoms with Crippen molar-refractivity contribution < 1.29 is 0 Å². The maximum atomic E-state index is 10.2. The molecule has 0 fully saturated rings. The molecule has 2 atom stereocenters. The number of allylic oxidation sites excluding steroid dienone is 3. The van der Waals surface area contributed by atoms with Gasteiger partial charge in [-0.05, 0) is 72.0 Å². The number of nitrogens with zero attached hydrogens (tertiary/aromatic N) is 3. The summed E-state index contributed by atoms with van der Waals surface area (Å²) >= 11 is 0. The van der Waals surface area contributed by atoms with Gasteiger partial charge in [0.25, 0.3) is 0 Å². The van der Waals surface area contributed by atoms with Crippen molar-refractivity contribution in [2.45, 2.75) is 24.8 Å². The average molecular weight is 514 g/mol. The van der Waals surface area contributed by atoms with Crippen LogP contribution >= 0.6 is 0 Å². The van der Waals surface area contributed by atoms with E-state index < -0.39 is 0 Å². The number of para-hydroxylation sites is 3. The molecule has 190 valence electrons. The highest BCUT2D eigenvalue weighted by Crippen LogP contribution is 2.53. The number of hydrogen-bond acceptors (Lipinski definition) is 2. The molecule has 2 heterocycles. The minimum Gasteiger partial charge on any atom is -0.332 e. The summed E-state index contributed by atoms with van der Waals surface area (Å²) < 4.78 is 2.43. The Morgan fingerprint density at radius 3 is 2.25 bits per heavy atom. The molecule has 1 aliphatic heterocycles. The topological polar surface area (TPSA) is 32.0 Å². The number of rotatable bonds is 3. The quantitative estimate of drug-likeness (QED) is 0.242. The molecule has 40 heavy (non-hydrogen) atoms. The van der Waals surface area contributed by atoms with Crippen LogP contribution in [0.5, 0.6) is 0 Å². The van der Waals surface area contributed by atoms with Crippen molar-refractivity contribution >= 4 is 33.9 Å². The molecule has 0 N–H and O–H groups in total. The van der Waals surface area contributed by atoms with Crippen LogP contribution in [0.3, 0.4) is 0 Å². The van der Waals surface area contributed by atoms with E-state index in [1.54, 1.807) is 0 Å². The third-order valence-electron chi connectivity index (χ3n) is 8.68. The van der Waals surface area contributed by atoms with Crippen LogP contribution in [0.1, 0.15) is 40.3 Å². The van der Waals surface area contributed by atoms with Crippen molar-refractivity contribution in [3.05, 3.63) is 149 Å². The maximum absolute atomic E-state index is 10.2. The van der Waals surface area contributed by atoms with E-state index in [2.05, 4.69) is 131 Å². The number of anilines is 2. The first-order chi connectivity index (χ1) is 19.8. The Bertz CT molecular complexity index is 1920. The Hall–Kier alpha value is -5.07. The van der Waals surface area contributed by atoms with Gasteiger partial charge in [0.2, 0.25) is 0 Å². The fourth-order valence-corrected chi connectivity index (χ4v) is 7.03. The van der Waals surface area contributed by atoms with Crippen LogP contribution in [-0.4, -0.2) is 10.6 Å². The molecule has 1 aromatic heterocycles. The van der Waals surface area contributed by atoms with Crippen molar-refractivity contribution in [1.82, 2.24) is 4.57 Å². The molecule has 8 rings (SSSR count). The maximum Gasteiger partial charge on any atom is 0.101 e. The van der Waals surface area contributed by atoms with Gasteiger partial charge in [-0.25, -0.2) is 0 Å². The zero-order chi connectivity index (χ0) is 26.6. The number of aromatic nitrogens is 1. The van der Waals surface area contributed by atoms with Crippen molar-refractivity contribution in [1.29, 1.82) is 5.26 Å². The average Bonchev–Trinajstić information content (AvgIpc) is 3.55. The molecule has 3 aliphatic rings. The highest BCUT2D eigenvalue weighted by atomic mass is 15.2. The molecule has 0 spiro atoms. The van der Waals surface area contributed by atoms with Crippen LogP contribution in [-0.2, 0) is 6.42 Å². The lowest BCUT2D eigenvalue weighted by molar-refractivity contribution is 0.743. The summed E-state index contributed by atoms with van der Waals surface area (Å²) in [4.78, 5) is 2.37. The molecular weight excluding hydrogens is 486 g/mol. The Morgan fingerprint density at radius 1 is 0.725 bits per heavy atom. The Kier molecular flexibility index (Phi) is 5.15. The number of fused-ring (bicyclic) bond motifs is 6. The molecule has 3 heteroatoms. The Morgan fingerprint density at radius 2 is 1.45 bits per heavy atom. The third-order valence-corrected chi connectivity index (χ3v) is 8.68. The second kappa shape index (κ2) is 9.00. The fraction of sp³-hybridized carbons (Fsp3) is 0.108. The minimum atomic E-state index is 0.149. The van der Waals surface area contributed by atoms with Crippen molar-refractivity contribution in [3.63, 3.8) is 0 Å². The summed E-state index contributed by atoms with van der Waals surface area (Å²) in [6.07, 6.45) is 13.2. The van der Waals surface area contributed by atoms with Gasteiger partial charge in [0.1, 0.15) is 6.07 Å². The van der Waals surface area contributed by atoms with Crippen molar-refractivity contribution in [2.75, 3.05) is 4.90 Å². The van der Waals surface area contributed by atoms with Crippen LogP contribution in [0.4, 0.5) is 11.4 Å². The molecular formula is C37H27N3. The van der Waals surface area contributed by atoms with Gasteiger partial charge in [0.15, 0.2) is 0 Å². The Labute approximate surface area is 234 Å². The van der Waals surface area contributed by atoms with Crippen LogP contribution in [0.2, 0.25) is 0 Å². The van der Waals surface area contributed by atoms with Crippen LogP contribution in [0.15, 0.2) is 121 Å². The monoisotopic (exact) mass is 513 g/mol. The zero-order valence-corrected chi connectivity index (χ0v) is 22.0. The standard InChI is InChI=1S/C37H27N3/c38-24-26-19-21-29(36-31-16-8-10-18-34(31)40(37(26)36)28-13-5-2-6-14-28)25-20-22-35-32(23-25)30-15-7-9-17-33(30)39(35)27-11-3-1-4-12-27/h1-19,21,23,31,34H,20,22H2. The summed E-state index contributed by atoms with van der Waals surface area (Å²) in [6.45, 7) is 0. The van der Waals surface area contributed by atoms with E-state index in [1.807, 2.05) is 12.1 Å². The van der Waals surface area contributed by atoms with E-state index in [0.29, 0.717) is 0 Å². The largest absolute Gasteiger partial charge is 0.332 e. The van der Waals surface area contributed by atoms with Gasteiger partial charge in [0, 0.05) is 33.9 Å². The first-order valence-corrected chi connectivity index (χ1v) is 14.0. The van der Waals surface area contributed by atoms with Gasteiger partial charge in [-0.3, -0.25) is 0 Å². The van der Waals surface area contributed by atoms with Gasteiger partial charge in [-0.15, -0.1) is 0 Å². The molecule has 5 aromatic rings. The van der Waals surface area contributed by atoms with Gasteiger partial charge in [0.05, 0.1) is 22.8 Å². The molecule has 2 aliphatic carbocycles. The van der Waals surface area contributed by atoms with Gasteiger partial charge < -0.3 is 9.47 Å². The lowest BCUT2D eigenvalue weighted by Gasteiger charge is -2.28. The SMILES string of the molecule is N#Cc1ccc(C2=Cc3c(n(-c4ccccc4)c4ccccc34)CC2)c2c1N(c1ccccc1)C1C=CC=CC21. The van der Waals surface area contributed by atoms with E-state index >= 15 is 0 Å². The summed E-state index contributed by atoms with van der Waals surface area (Å²) in [7, 11) is 0. The first kappa shape index (κ1) is 22.9. The fourth-order valence-electron chi connectivity index (χ4n) is 7.03. The van der Waals surface area contributed by atoms with Gasteiger partial charge in [-0.2, -0.15) is 5.26 Å². The molecule has 0 bridgehead atoms. The van der Waals surface area contributed by atoms with Crippen LogP contribution in [0, 0.1) is 11.3 Å². The van der Waals surface area contributed by atoms with E-state index in [-0.39, 0.29) is 12.0 Å². The lowest BCUT2D eigenvalue weighted by Crippen LogP contribution is -2.28. The van der Waals surface area contributed by atoms with Crippen LogP contribution < -0.4 is 4.90 Å². The second-order valence-corrected chi connectivity index (χ2v) is 10.7. The number of hydrogen-bond donors (Lipinski definition) is 0. The number of nitriles is 1. The normalized spacial score (nSPS) is 18.7. The molecule has 2 unspecified atom stereocenters. The summed E-state index contributed by atoms with van der Waals surface area (Å²) in [5.41, 5.74) is 11.9. The summed E-state index contributed by atoms with van der Waals surface area (Å²) in [6, 6.07) is 36.8. The van der Waals surface area contributed by atoms with Gasteiger partial charge in [-0.1, -0.05) is 85.0 Å². The summed E-state index contributed by atoms with van der Waals surface area (Å²) in [5, 5.41) is 11.5. The predicted octanol–water partition coefficient (Wildman–Crippen LogP) is 8.72. The zero-order valence-electron chi connectivity index (χ0n) is 22.0. The van der Waals surface area contributed by atoms with Crippen molar-refractivity contribution in [3.8, 4) is 11.8 Å². The minimum absolute atomic E-state index is 0.149. The highest BCUT2D eigenvalue weighted by molar-refractivity contribution is 6.00.